The van der Waals surface area contributed by atoms with Crippen molar-refractivity contribution in [1.29, 1.82) is 0 Å². The van der Waals surface area contributed by atoms with Gasteiger partial charge in [-0.05, 0) is 40.8 Å². The second kappa shape index (κ2) is 10.3. The number of hydrogen-bond acceptors (Lipinski definition) is 5. The summed E-state index contributed by atoms with van der Waals surface area (Å²) in [4.78, 5) is 0. The van der Waals surface area contributed by atoms with Gasteiger partial charge >= 0.3 is 0 Å². The van der Waals surface area contributed by atoms with Crippen LogP contribution in [0.5, 0.6) is 5.75 Å². The molecule has 5 nitrogen and oxygen atoms in total. The summed E-state index contributed by atoms with van der Waals surface area (Å²) in [6, 6.07) is 10.3. The first-order valence-corrected chi connectivity index (χ1v) is 8.52. The van der Waals surface area contributed by atoms with Crippen LogP contribution in [0, 0.1) is 0 Å². The van der Waals surface area contributed by atoms with Crippen molar-refractivity contribution < 1.29 is 24.1 Å². The molecule has 0 atom stereocenters. The molecule has 26 heavy (non-hydrogen) atoms. The highest BCUT2D eigenvalue weighted by molar-refractivity contribution is 5.45. The van der Waals surface area contributed by atoms with Crippen LogP contribution in [0.15, 0.2) is 30.3 Å². The predicted octanol–water partition coefficient (Wildman–Crippen LogP) is 3.57. The van der Waals surface area contributed by atoms with Crippen LogP contribution in [0.4, 0.5) is 0 Å². The maximum Gasteiger partial charge on any atom is 0.126 e. The Hall–Kier alpha value is -1.92. The van der Waals surface area contributed by atoms with E-state index in [2.05, 4.69) is 18.2 Å². The van der Waals surface area contributed by atoms with Crippen LogP contribution >= 0.6 is 0 Å². The Kier molecular flexibility index (Phi) is 8.06. The topological polar surface area (TPSA) is 57.2 Å². The van der Waals surface area contributed by atoms with E-state index in [9.17, 15) is 5.11 Å². The van der Waals surface area contributed by atoms with Gasteiger partial charge in [0.1, 0.15) is 5.75 Å². The molecule has 2 aromatic rings. The Morgan fingerprint density at radius 1 is 0.577 bits per heavy atom. The third kappa shape index (κ3) is 5.54. The SMILES string of the molecule is COCc1cc(COC)cc(Cc2cc(COC)c(O)c(COC)c2)c1. The van der Waals surface area contributed by atoms with E-state index in [0.29, 0.717) is 26.4 Å². The van der Waals surface area contributed by atoms with Gasteiger partial charge in [0.15, 0.2) is 0 Å². The number of rotatable bonds is 10. The summed E-state index contributed by atoms with van der Waals surface area (Å²) >= 11 is 0. The summed E-state index contributed by atoms with van der Waals surface area (Å²) in [5.41, 5.74) is 6.03. The molecule has 2 aromatic carbocycles. The number of methoxy groups -OCH3 is 4. The molecule has 0 aromatic heterocycles. The maximum absolute atomic E-state index is 10.4. The van der Waals surface area contributed by atoms with Crippen molar-refractivity contribution in [3.8, 4) is 5.75 Å². The van der Waals surface area contributed by atoms with Gasteiger partial charge in [0.05, 0.1) is 26.4 Å². The Morgan fingerprint density at radius 2 is 0.962 bits per heavy atom. The van der Waals surface area contributed by atoms with E-state index in [1.54, 1.807) is 28.4 Å². The highest BCUT2D eigenvalue weighted by Gasteiger charge is 2.11. The van der Waals surface area contributed by atoms with Crippen molar-refractivity contribution in [2.45, 2.75) is 32.8 Å². The van der Waals surface area contributed by atoms with Gasteiger partial charge in [-0.1, -0.05) is 18.2 Å². The maximum atomic E-state index is 10.4. The molecule has 0 aliphatic rings. The largest absolute Gasteiger partial charge is 0.507 e. The number of ether oxygens (including phenoxy) is 4. The predicted molar refractivity (Wildman–Crippen MR) is 100 cm³/mol. The lowest BCUT2D eigenvalue weighted by molar-refractivity contribution is 0.174. The van der Waals surface area contributed by atoms with E-state index in [0.717, 1.165) is 34.2 Å². The summed E-state index contributed by atoms with van der Waals surface area (Å²) in [5.74, 6) is 0.241. The fourth-order valence-corrected chi connectivity index (χ4v) is 3.14. The van der Waals surface area contributed by atoms with Crippen LogP contribution in [-0.2, 0) is 51.8 Å². The van der Waals surface area contributed by atoms with E-state index >= 15 is 0 Å². The first-order chi connectivity index (χ1) is 12.6. The molecule has 0 fully saturated rings. The minimum atomic E-state index is 0.241. The Balaban J connectivity index is 2.36. The van der Waals surface area contributed by atoms with Gasteiger partial charge in [-0.15, -0.1) is 0 Å². The van der Waals surface area contributed by atoms with Crippen LogP contribution in [0.2, 0.25) is 0 Å². The summed E-state index contributed by atoms with van der Waals surface area (Å²) in [5, 5.41) is 10.4. The van der Waals surface area contributed by atoms with E-state index in [4.69, 9.17) is 18.9 Å². The second-order valence-electron chi connectivity index (χ2n) is 6.33. The van der Waals surface area contributed by atoms with Gasteiger partial charge in [0.2, 0.25) is 0 Å². The van der Waals surface area contributed by atoms with Crippen molar-refractivity contribution >= 4 is 0 Å². The average Bonchev–Trinajstić information content (AvgIpc) is 2.60. The number of phenols is 1. The van der Waals surface area contributed by atoms with E-state index in [1.165, 1.54) is 5.56 Å². The molecule has 0 heterocycles. The molecule has 0 saturated heterocycles. The lowest BCUT2D eigenvalue weighted by atomic mass is 9.96. The van der Waals surface area contributed by atoms with Gasteiger partial charge in [0, 0.05) is 39.6 Å². The fourth-order valence-electron chi connectivity index (χ4n) is 3.14. The summed E-state index contributed by atoms with van der Waals surface area (Å²) in [6.45, 7) is 1.83. The standard InChI is InChI=1S/C21H28O5/c1-23-11-17-6-15(7-18(8-17)12-24-2)5-16-9-19(13-25-3)21(22)20(10-16)14-26-4/h6-10,22H,5,11-14H2,1-4H3. The molecule has 142 valence electrons. The van der Waals surface area contributed by atoms with Gasteiger partial charge < -0.3 is 24.1 Å². The highest BCUT2D eigenvalue weighted by Crippen LogP contribution is 2.28. The Labute approximate surface area is 155 Å². The highest BCUT2D eigenvalue weighted by atomic mass is 16.5. The van der Waals surface area contributed by atoms with Crippen LogP contribution in [-0.4, -0.2) is 33.5 Å². The average molecular weight is 360 g/mol. The molecule has 5 heteroatoms. The molecule has 0 bridgehead atoms. The minimum absolute atomic E-state index is 0.241. The molecule has 0 radical (unpaired) electrons. The zero-order valence-electron chi connectivity index (χ0n) is 16.0. The molecule has 0 aliphatic carbocycles. The fraction of sp³-hybridized carbons (Fsp3) is 0.429. The summed E-state index contributed by atoms with van der Waals surface area (Å²) < 4.78 is 21.0. The van der Waals surface area contributed by atoms with Gasteiger partial charge in [-0.25, -0.2) is 0 Å². The zero-order chi connectivity index (χ0) is 18.9. The van der Waals surface area contributed by atoms with Crippen molar-refractivity contribution in [2.75, 3.05) is 28.4 Å². The van der Waals surface area contributed by atoms with E-state index in [-0.39, 0.29) is 5.75 Å². The molecule has 2 rings (SSSR count). The van der Waals surface area contributed by atoms with Gasteiger partial charge in [-0.2, -0.15) is 0 Å². The molecule has 0 saturated carbocycles. The lowest BCUT2D eigenvalue weighted by Gasteiger charge is -2.14. The normalized spacial score (nSPS) is 11.1. The Bertz CT molecular complexity index is 660. The number of phenolic OH excluding ortho intramolecular Hbond substituents is 1. The molecule has 0 aliphatic heterocycles. The number of aromatic hydroxyl groups is 1. The van der Waals surface area contributed by atoms with E-state index < -0.39 is 0 Å². The molecular weight excluding hydrogens is 332 g/mol. The summed E-state index contributed by atoms with van der Waals surface area (Å²) in [6.07, 6.45) is 0.738. The first-order valence-electron chi connectivity index (χ1n) is 8.52. The van der Waals surface area contributed by atoms with Crippen molar-refractivity contribution in [3.05, 3.63) is 63.7 Å². The number of hydrogen-bond donors (Lipinski definition) is 1. The van der Waals surface area contributed by atoms with Crippen molar-refractivity contribution in [2.24, 2.45) is 0 Å². The molecule has 0 spiro atoms. The molecular formula is C21H28O5. The van der Waals surface area contributed by atoms with Crippen molar-refractivity contribution in [3.63, 3.8) is 0 Å². The molecule has 0 unspecified atom stereocenters. The van der Waals surface area contributed by atoms with Crippen molar-refractivity contribution in [1.82, 2.24) is 0 Å². The molecule has 0 amide bonds. The monoisotopic (exact) mass is 360 g/mol. The van der Waals surface area contributed by atoms with E-state index in [1.807, 2.05) is 12.1 Å². The smallest absolute Gasteiger partial charge is 0.126 e. The summed E-state index contributed by atoms with van der Waals surface area (Å²) in [7, 11) is 6.62. The zero-order valence-corrected chi connectivity index (χ0v) is 16.0. The number of benzene rings is 2. The van der Waals surface area contributed by atoms with Crippen LogP contribution in [0.1, 0.15) is 33.4 Å². The Morgan fingerprint density at radius 3 is 1.38 bits per heavy atom. The minimum Gasteiger partial charge on any atom is -0.507 e. The van der Waals surface area contributed by atoms with Gasteiger partial charge in [0.25, 0.3) is 0 Å². The first kappa shape index (κ1) is 20.4. The third-order valence-electron chi connectivity index (χ3n) is 4.07. The second-order valence-corrected chi connectivity index (χ2v) is 6.33. The van der Waals surface area contributed by atoms with Crippen LogP contribution in [0.3, 0.4) is 0 Å². The lowest BCUT2D eigenvalue weighted by Crippen LogP contribution is -2.01. The quantitative estimate of drug-likeness (QED) is 0.702. The van der Waals surface area contributed by atoms with Gasteiger partial charge in [-0.3, -0.25) is 0 Å². The molecule has 1 N–H and O–H groups in total. The van der Waals surface area contributed by atoms with Crippen LogP contribution in [0.25, 0.3) is 0 Å². The third-order valence-corrected chi connectivity index (χ3v) is 4.07. The van der Waals surface area contributed by atoms with Crippen LogP contribution < -0.4 is 0 Å².